The summed E-state index contributed by atoms with van der Waals surface area (Å²) in [5.41, 5.74) is 2.08. The fourth-order valence-electron chi connectivity index (χ4n) is 1.95. The molecule has 0 aliphatic carbocycles. The number of rotatable bonds is 1. The number of hydrogen-bond acceptors (Lipinski definition) is 4. The fourth-order valence-corrected chi connectivity index (χ4v) is 2.17. The van der Waals surface area contributed by atoms with E-state index in [1.165, 1.54) is 0 Å². The largest absolute Gasteiger partial charge is 0.235 e. The quantitative estimate of drug-likeness (QED) is 0.763. The minimum atomic E-state index is -0.339. The van der Waals surface area contributed by atoms with E-state index >= 15 is 0 Å². The van der Waals surface area contributed by atoms with Gasteiger partial charge in [0.25, 0.3) is 0 Å². The predicted molar refractivity (Wildman–Crippen MR) is 60.2 cm³/mol. The van der Waals surface area contributed by atoms with Gasteiger partial charge in [0.05, 0.1) is 5.56 Å². The zero-order valence-electron chi connectivity index (χ0n) is 8.98. The van der Waals surface area contributed by atoms with Crippen LogP contribution in [0.3, 0.4) is 0 Å². The first-order valence-corrected chi connectivity index (χ1v) is 5.50. The van der Waals surface area contributed by atoms with Crippen LogP contribution in [0, 0.1) is 0 Å². The molecule has 6 heteroatoms. The van der Waals surface area contributed by atoms with Crippen LogP contribution in [0.15, 0.2) is 22.6 Å². The first-order chi connectivity index (χ1) is 7.65. The Morgan fingerprint density at radius 3 is 3.06 bits per heavy atom. The molecule has 0 fully saturated rings. The molecule has 16 heavy (non-hydrogen) atoms. The molecular formula is C10H10ClN5. The van der Waals surface area contributed by atoms with Crippen LogP contribution in [0.2, 0.25) is 5.15 Å². The van der Waals surface area contributed by atoms with Gasteiger partial charge in [-0.2, -0.15) is 15.3 Å². The van der Waals surface area contributed by atoms with Gasteiger partial charge < -0.3 is 0 Å². The van der Waals surface area contributed by atoms with Gasteiger partial charge in [0.2, 0.25) is 0 Å². The average molecular weight is 236 g/mol. The monoisotopic (exact) mass is 235 g/mol. The maximum Gasteiger partial charge on any atom is 0.178 e. The van der Waals surface area contributed by atoms with Gasteiger partial charge in [-0.3, -0.25) is 0 Å². The summed E-state index contributed by atoms with van der Waals surface area (Å²) in [5, 5.41) is 13.0. The number of fused-ring (bicyclic) bond motifs is 3. The number of aromatic nitrogens is 3. The number of imidazole rings is 1. The van der Waals surface area contributed by atoms with Crippen molar-refractivity contribution >= 4 is 22.9 Å². The van der Waals surface area contributed by atoms with Gasteiger partial charge in [0.1, 0.15) is 11.2 Å². The molecule has 1 unspecified atom stereocenters. The Morgan fingerprint density at radius 1 is 1.50 bits per heavy atom. The third kappa shape index (κ3) is 1.06. The second-order valence-electron chi connectivity index (χ2n) is 4.04. The molecule has 1 aliphatic rings. The Balaban J connectivity index is 2.44. The summed E-state index contributed by atoms with van der Waals surface area (Å²) in [6, 6.07) is 0. The molecule has 2 aromatic rings. The summed E-state index contributed by atoms with van der Waals surface area (Å²) in [5.74, 6) is 0. The zero-order valence-corrected chi connectivity index (χ0v) is 9.73. The summed E-state index contributed by atoms with van der Waals surface area (Å²) < 4.78 is 1.67. The molecule has 1 atom stereocenters. The molecule has 3 rings (SSSR count). The first-order valence-electron chi connectivity index (χ1n) is 5.12. The number of hydrogen-bond donors (Lipinski definition) is 0. The lowest BCUT2D eigenvalue weighted by atomic mass is 9.91. The molecular weight excluding hydrogens is 226 g/mol. The molecule has 2 aromatic heterocycles. The topological polar surface area (TPSA) is 54.9 Å². The molecule has 0 radical (unpaired) electrons. The van der Waals surface area contributed by atoms with Crippen LogP contribution in [-0.4, -0.2) is 14.6 Å². The molecule has 0 spiro atoms. The van der Waals surface area contributed by atoms with E-state index in [1.54, 1.807) is 16.9 Å². The third-order valence-electron chi connectivity index (χ3n) is 3.07. The van der Waals surface area contributed by atoms with Gasteiger partial charge in [-0.05, 0) is 13.3 Å². The van der Waals surface area contributed by atoms with E-state index < -0.39 is 0 Å². The Morgan fingerprint density at radius 2 is 2.31 bits per heavy atom. The highest BCUT2D eigenvalue weighted by Crippen LogP contribution is 2.46. The van der Waals surface area contributed by atoms with Crippen LogP contribution < -0.4 is 0 Å². The number of halogens is 1. The summed E-state index contributed by atoms with van der Waals surface area (Å²) in [6.07, 6.45) is 4.33. The Kier molecular flexibility index (Phi) is 1.83. The van der Waals surface area contributed by atoms with Crippen molar-refractivity contribution in [2.24, 2.45) is 10.2 Å². The molecule has 82 valence electrons. The average Bonchev–Trinajstić information content (AvgIpc) is 2.84. The van der Waals surface area contributed by atoms with Crippen molar-refractivity contribution in [2.45, 2.75) is 25.8 Å². The van der Waals surface area contributed by atoms with Gasteiger partial charge in [-0.1, -0.05) is 18.5 Å². The maximum absolute atomic E-state index is 6.08. The lowest BCUT2D eigenvalue weighted by Crippen LogP contribution is -2.16. The van der Waals surface area contributed by atoms with Crippen LogP contribution in [-0.2, 0) is 5.54 Å². The van der Waals surface area contributed by atoms with Crippen molar-refractivity contribution in [1.29, 1.82) is 0 Å². The lowest BCUT2D eigenvalue weighted by Gasteiger charge is -2.18. The highest BCUT2D eigenvalue weighted by Gasteiger charge is 2.36. The molecule has 0 aromatic carbocycles. The molecule has 0 bridgehead atoms. The second-order valence-corrected chi connectivity index (χ2v) is 4.40. The SMILES string of the molecule is CCC1(C)N=Nc2c(Cl)nn3ccnc3c21. The van der Waals surface area contributed by atoms with E-state index in [0.29, 0.717) is 10.8 Å². The summed E-state index contributed by atoms with van der Waals surface area (Å²) in [4.78, 5) is 4.30. The van der Waals surface area contributed by atoms with Crippen molar-refractivity contribution < 1.29 is 0 Å². The van der Waals surface area contributed by atoms with E-state index in [1.807, 2.05) is 6.92 Å². The predicted octanol–water partition coefficient (Wildman–Crippen LogP) is 3.11. The standard InChI is InChI=1S/C10H10ClN5/c1-3-10(2)6-7(13-15-10)8(11)14-16-5-4-12-9(6)16/h4-5H,3H2,1-2H3. The van der Waals surface area contributed by atoms with E-state index in [-0.39, 0.29) is 5.54 Å². The summed E-state index contributed by atoms with van der Waals surface area (Å²) >= 11 is 6.08. The smallest absolute Gasteiger partial charge is 0.178 e. The minimum Gasteiger partial charge on any atom is -0.235 e. The molecule has 0 saturated carbocycles. The maximum atomic E-state index is 6.08. The molecule has 0 N–H and O–H groups in total. The Hall–Kier alpha value is -1.49. The van der Waals surface area contributed by atoms with E-state index in [4.69, 9.17) is 11.6 Å². The summed E-state index contributed by atoms with van der Waals surface area (Å²) in [7, 11) is 0. The van der Waals surface area contributed by atoms with Crippen LogP contribution in [0.4, 0.5) is 5.69 Å². The van der Waals surface area contributed by atoms with Crippen LogP contribution in [0.1, 0.15) is 25.8 Å². The van der Waals surface area contributed by atoms with Crippen LogP contribution >= 0.6 is 11.6 Å². The lowest BCUT2D eigenvalue weighted by molar-refractivity contribution is 0.479. The van der Waals surface area contributed by atoms with Crippen molar-refractivity contribution in [3.63, 3.8) is 0 Å². The fraction of sp³-hybridized carbons (Fsp3) is 0.400. The summed E-state index contributed by atoms with van der Waals surface area (Å²) in [6.45, 7) is 4.11. The normalized spacial score (nSPS) is 22.9. The van der Waals surface area contributed by atoms with Crippen molar-refractivity contribution in [3.05, 3.63) is 23.1 Å². The molecule has 3 heterocycles. The molecule has 0 amide bonds. The van der Waals surface area contributed by atoms with E-state index in [2.05, 4.69) is 27.2 Å². The second kappa shape index (κ2) is 3.01. The number of nitrogens with zero attached hydrogens (tertiary/aromatic N) is 5. The Labute approximate surface area is 97.2 Å². The van der Waals surface area contributed by atoms with Crippen molar-refractivity contribution in [3.8, 4) is 0 Å². The molecule has 0 saturated heterocycles. The number of azo groups is 1. The van der Waals surface area contributed by atoms with Gasteiger partial charge in [-0.15, -0.1) is 0 Å². The Bertz CT molecular complexity index is 603. The first kappa shape index (κ1) is 9.72. The van der Waals surface area contributed by atoms with E-state index in [0.717, 1.165) is 17.6 Å². The van der Waals surface area contributed by atoms with Gasteiger partial charge in [0, 0.05) is 12.4 Å². The van der Waals surface area contributed by atoms with Gasteiger partial charge >= 0.3 is 0 Å². The van der Waals surface area contributed by atoms with E-state index in [9.17, 15) is 0 Å². The highest BCUT2D eigenvalue weighted by atomic mass is 35.5. The molecule has 5 nitrogen and oxygen atoms in total. The van der Waals surface area contributed by atoms with Gasteiger partial charge in [-0.25, -0.2) is 9.50 Å². The van der Waals surface area contributed by atoms with Crippen LogP contribution in [0.5, 0.6) is 0 Å². The van der Waals surface area contributed by atoms with Gasteiger partial charge in [0.15, 0.2) is 10.8 Å². The highest BCUT2D eigenvalue weighted by molar-refractivity contribution is 6.32. The minimum absolute atomic E-state index is 0.339. The van der Waals surface area contributed by atoms with Crippen LogP contribution in [0.25, 0.3) is 5.65 Å². The van der Waals surface area contributed by atoms with Crippen molar-refractivity contribution in [1.82, 2.24) is 14.6 Å². The third-order valence-corrected chi connectivity index (χ3v) is 3.33. The van der Waals surface area contributed by atoms with Crippen molar-refractivity contribution in [2.75, 3.05) is 0 Å². The molecule has 1 aliphatic heterocycles. The zero-order chi connectivity index (χ0) is 11.3.